The lowest BCUT2D eigenvalue weighted by atomic mass is 10.1. The molecule has 2 rings (SSSR count). The van der Waals surface area contributed by atoms with Crippen LogP contribution in [0.25, 0.3) is 0 Å². The van der Waals surface area contributed by atoms with Gasteiger partial charge in [-0.25, -0.2) is 0 Å². The zero-order chi connectivity index (χ0) is 16.7. The minimum Gasteiger partial charge on any atom is -0.506 e. The molecule has 5 N–H and O–H groups in total. The summed E-state index contributed by atoms with van der Waals surface area (Å²) >= 11 is 0. The molecule has 1 aromatic heterocycles. The highest BCUT2D eigenvalue weighted by atomic mass is 16.3. The van der Waals surface area contributed by atoms with Crippen LogP contribution in [-0.4, -0.2) is 49.7 Å². The van der Waals surface area contributed by atoms with Crippen LogP contribution in [-0.2, 0) is 22.8 Å². The number of aromatic hydroxyl groups is 1. The van der Waals surface area contributed by atoms with Gasteiger partial charge in [-0.3, -0.25) is 14.6 Å². The molecule has 0 aromatic carbocycles. The average Bonchev–Trinajstić information content (AvgIpc) is 2.96. The number of rotatable bonds is 4. The molecular formula is C14H20N2O6. The summed E-state index contributed by atoms with van der Waals surface area (Å²) in [5.41, 5.74) is 1.27. The number of Topliss-reactive ketones (excluding diaryl/α,β-unsaturated/α-hetero) is 1. The lowest BCUT2D eigenvalue weighted by Crippen LogP contribution is -2.34. The smallest absolute Gasteiger partial charge is 0.220 e. The molecule has 2 heterocycles. The molecule has 0 aliphatic carbocycles. The Hall–Kier alpha value is -2.03. The van der Waals surface area contributed by atoms with Crippen LogP contribution < -0.4 is 5.32 Å². The van der Waals surface area contributed by atoms with Crippen molar-refractivity contribution in [1.29, 1.82) is 0 Å². The number of carbonyl (C=O) groups excluding carboxylic acids is 2. The zero-order valence-corrected chi connectivity index (χ0v) is 12.2. The summed E-state index contributed by atoms with van der Waals surface area (Å²) in [7, 11) is 0. The van der Waals surface area contributed by atoms with Gasteiger partial charge in [0.25, 0.3) is 0 Å². The Morgan fingerprint density at radius 3 is 2.50 bits per heavy atom. The first kappa shape index (κ1) is 18.0. The number of aromatic nitrogens is 1. The topological polar surface area (TPSA) is 140 Å². The van der Waals surface area contributed by atoms with Crippen LogP contribution in [0.3, 0.4) is 0 Å². The highest BCUT2D eigenvalue weighted by Gasteiger charge is 2.25. The molecule has 1 aliphatic rings. The lowest BCUT2D eigenvalue weighted by molar-refractivity contribution is -0.126. The first-order chi connectivity index (χ1) is 10.4. The number of carbonyl (C=O) groups is 2. The van der Waals surface area contributed by atoms with Gasteiger partial charge in [-0.15, -0.1) is 0 Å². The van der Waals surface area contributed by atoms with Gasteiger partial charge in [0.1, 0.15) is 12.4 Å². The van der Waals surface area contributed by atoms with Crippen molar-refractivity contribution in [3.63, 3.8) is 0 Å². The molecule has 1 atom stereocenters. The van der Waals surface area contributed by atoms with Crippen LogP contribution in [0, 0.1) is 6.92 Å². The molecule has 0 bridgehead atoms. The van der Waals surface area contributed by atoms with E-state index < -0.39 is 12.6 Å². The molecule has 1 fully saturated rings. The number of hydrogen-bond acceptors (Lipinski definition) is 7. The fourth-order valence-electron chi connectivity index (χ4n) is 1.96. The number of aliphatic hydroxyl groups is 3. The Balaban J connectivity index is 0.000000224. The van der Waals surface area contributed by atoms with Crippen molar-refractivity contribution < 1.29 is 30.0 Å². The minimum absolute atomic E-state index is 0.0379. The molecule has 8 heteroatoms. The van der Waals surface area contributed by atoms with Gasteiger partial charge in [0.05, 0.1) is 24.9 Å². The molecule has 1 amide bonds. The van der Waals surface area contributed by atoms with E-state index in [4.69, 9.17) is 15.3 Å². The van der Waals surface area contributed by atoms with Crippen molar-refractivity contribution >= 4 is 11.7 Å². The highest BCUT2D eigenvalue weighted by Crippen LogP contribution is 2.23. The monoisotopic (exact) mass is 312 g/mol. The Bertz CT molecular complexity index is 546. The van der Waals surface area contributed by atoms with Crippen LogP contribution in [0.15, 0.2) is 6.20 Å². The molecule has 8 nitrogen and oxygen atoms in total. The SMILES string of the molecule is Cc1ncc(CO)c(CO)c1O.O=C1CCC(C(=O)CO)N1. The number of aliphatic hydroxyl groups excluding tert-OH is 3. The molecule has 22 heavy (non-hydrogen) atoms. The number of aryl methyl sites for hydroxylation is 1. The maximum absolute atomic E-state index is 10.7. The Morgan fingerprint density at radius 2 is 2.05 bits per heavy atom. The Morgan fingerprint density at radius 1 is 1.36 bits per heavy atom. The fraction of sp³-hybridized carbons (Fsp3) is 0.500. The van der Waals surface area contributed by atoms with E-state index in [9.17, 15) is 14.7 Å². The van der Waals surface area contributed by atoms with Gasteiger partial charge in [-0.05, 0) is 13.3 Å². The second-order valence-electron chi connectivity index (χ2n) is 4.80. The fourth-order valence-corrected chi connectivity index (χ4v) is 1.96. The van der Waals surface area contributed by atoms with E-state index in [-0.39, 0.29) is 30.7 Å². The number of hydrogen-bond donors (Lipinski definition) is 5. The molecule has 0 radical (unpaired) electrons. The van der Waals surface area contributed by atoms with Gasteiger partial charge < -0.3 is 25.7 Å². The van der Waals surface area contributed by atoms with Crippen LogP contribution in [0.4, 0.5) is 0 Å². The molecule has 0 spiro atoms. The molecule has 122 valence electrons. The number of ketones is 1. The lowest BCUT2D eigenvalue weighted by Gasteiger charge is -2.07. The number of nitrogens with one attached hydrogen (secondary N) is 1. The summed E-state index contributed by atoms with van der Waals surface area (Å²) in [6.07, 6.45) is 2.37. The second kappa shape index (κ2) is 8.42. The summed E-state index contributed by atoms with van der Waals surface area (Å²) in [5, 5.41) is 37.9. The van der Waals surface area contributed by atoms with Crippen LogP contribution in [0.5, 0.6) is 5.75 Å². The number of amides is 1. The van der Waals surface area contributed by atoms with Gasteiger partial charge in [0.15, 0.2) is 5.78 Å². The van der Waals surface area contributed by atoms with E-state index in [1.165, 1.54) is 6.20 Å². The third-order valence-electron chi connectivity index (χ3n) is 3.30. The van der Waals surface area contributed by atoms with Gasteiger partial charge >= 0.3 is 0 Å². The second-order valence-corrected chi connectivity index (χ2v) is 4.80. The van der Waals surface area contributed by atoms with Crippen LogP contribution in [0.1, 0.15) is 29.7 Å². The third-order valence-corrected chi connectivity index (χ3v) is 3.30. The number of pyridine rings is 1. The Kier molecular flexibility index (Phi) is 6.90. The van der Waals surface area contributed by atoms with Crippen molar-refractivity contribution in [1.82, 2.24) is 10.3 Å². The van der Waals surface area contributed by atoms with Gasteiger partial charge in [0.2, 0.25) is 5.91 Å². The van der Waals surface area contributed by atoms with Gasteiger partial charge in [-0.2, -0.15) is 0 Å². The predicted molar refractivity (Wildman–Crippen MR) is 75.7 cm³/mol. The summed E-state index contributed by atoms with van der Waals surface area (Å²) in [5.74, 6) is -0.443. The van der Waals surface area contributed by atoms with Gasteiger partial charge in [0, 0.05) is 23.7 Å². The normalized spacial score (nSPS) is 16.7. The third kappa shape index (κ3) is 4.48. The predicted octanol–water partition coefficient (Wildman–Crippen LogP) is -1.09. The van der Waals surface area contributed by atoms with E-state index in [1.54, 1.807) is 6.92 Å². The summed E-state index contributed by atoms with van der Waals surface area (Å²) < 4.78 is 0. The first-order valence-electron chi connectivity index (χ1n) is 6.75. The molecular weight excluding hydrogens is 292 g/mol. The Labute approximate surface area is 127 Å². The minimum atomic E-state index is -0.481. The van der Waals surface area contributed by atoms with E-state index in [1.807, 2.05) is 0 Å². The first-order valence-corrected chi connectivity index (χ1v) is 6.75. The van der Waals surface area contributed by atoms with Crippen LogP contribution >= 0.6 is 0 Å². The van der Waals surface area contributed by atoms with Crippen molar-refractivity contribution in [3.8, 4) is 5.75 Å². The van der Waals surface area contributed by atoms with Crippen LogP contribution in [0.2, 0.25) is 0 Å². The van der Waals surface area contributed by atoms with E-state index in [0.717, 1.165) is 0 Å². The van der Waals surface area contributed by atoms with Crippen molar-refractivity contribution in [2.45, 2.75) is 39.0 Å². The molecule has 1 aromatic rings. The quantitative estimate of drug-likeness (QED) is 0.475. The number of nitrogens with zero attached hydrogens (tertiary/aromatic N) is 1. The molecule has 1 aliphatic heterocycles. The van der Waals surface area contributed by atoms with E-state index >= 15 is 0 Å². The van der Waals surface area contributed by atoms with E-state index in [0.29, 0.717) is 29.7 Å². The van der Waals surface area contributed by atoms with Crippen molar-refractivity contribution in [2.24, 2.45) is 0 Å². The summed E-state index contributed by atoms with van der Waals surface area (Å²) in [6, 6.07) is -0.433. The maximum atomic E-state index is 10.7. The van der Waals surface area contributed by atoms with Gasteiger partial charge in [-0.1, -0.05) is 0 Å². The summed E-state index contributed by atoms with van der Waals surface area (Å²) in [4.78, 5) is 25.1. The molecule has 1 unspecified atom stereocenters. The molecule has 1 saturated heterocycles. The highest BCUT2D eigenvalue weighted by molar-refractivity contribution is 5.92. The standard InChI is InChI=1S/C8H11NO3.C6H9NO3/c1-5-8(12)7(4-11)6(3-10)2-9-5;8-3-5(9)4-1-2-6(10)7-4/h2,10-12H,3-4H2,1H3;4,8H,1-3H2,(H,7,10). The zero-order valence-electron chi connectivity index (χ0n) is 12.2. The van der Waals surface area contributed by atoms with Crippen molar-refractivity contribution in [3.05, 3.63) is 23.0 Å². The molecule has 0 saturated carbocycles. The van der Waals surface area contributed by atoms with E-state index in [2.05, 4.69) is 10.3 Å². The van der Waals surface area contributed by atoms with Crippen molar-refractivity contribution in [2.75, 3.05) is 6.61 Å². The average molecular weight is 312 g/mol. The summed E-state index contributed by atoms with van der Waals surface area (Å²) in [6.45, 7) is 0.641. The largest absolute Gasteiger partial charge is 0.506 e. The maximum Gasteiger partial charge on any atom is 0.220 e.